The van der Waals surface area contributed by atoms with Gasteiger partial charge >= 0.3 is 0 Å². The van der Waals surface area contributed by atoms with Gasteiger partial charge in [0.2, 0.25) is 5.79 Å². The molecule has 1 heterocycles. The molecule has 1 aliphatic heterocycles. The standard InChI is InChI=1S/C20H29ClO7S/c1-26-12-4-6-13(7-5-12)27-15-9-11(3-8-14(15)21)20(25)19(24)18(23)17(22)16(28-20)10-29-2/h3,8-9,12-13,16-19,22-25H,4-7,10H2,1-2H3/t12?,13?,16-,17-,18+,19-,20+/m1/s1. The van der Waals surface area contributed by atoms with E-state index < -0.39 is 30.2 Å². The molecule has 29 heavy (non-hydrogen) atoms. The van der Waals surface area contributed by atoms with Crippen molar-refractivity contribution in [1.29, 1.82) is 0 Å². The first-order chi connectivity index (χ1) is 13.8. The van der Waals surface area contributed by atoms with Gasteiger partial charge in [0.15, 0.2) is 0 Å². The van der Waals surface area contributed by atoms with Crippen molar-refractivity contribution in [3.63, 3.8) is 0 Å². The zero-order valence-electron chi connectivity index (χ0n) is 16.5. The fourth-order valence-electron chi connectivity index (χ4n) is 3.93. The van der Waals surface area contributed by atoms with E-state index in [9.17, 15) is 20.4 Å². The fraction of sp³-hybridized carbons (Fsp3) is 0.700. The lowest BCUT2D eigenvalue weighted by atomic mass is 9.88. The van der Waals surface area contributed by atoms with Crippen LogP contribution in [0.5, 0.6) is 5.75 Å². The van der Waals surface area contributed by atoms with E-state index in [1.165, 1.54) is 23.9 Å². The molecule has 1 saturated heterocycles. The van der Waals surface area contributed by atoms with Crippen LogP contribution in [0.15, 0.2) is 18.2 Å². The molecule has 2 aliphatic rings. The van der Waals surface area contributed by atoms with E-state index >= 15 is 0 Å². The highest BCUT2D eigenvalue weighted by Gasteiger charge is 2.53. The summed E-state index contributed by atoms with van der Waals surface area (Å²) in [6, 6.07) is 4.59. The van der Waals surface area contributed by atoms with Crippen molar-refractivity contribution in [3.05, 3.63) is 28.8 Å². The molecule has 0 bridgehead atoms. The van der Waals surface area contributed by atoms with Crippen LogP contribution in [0, 0.1) is 0 Å². The van der Waals surface area contributed by atoms with Gasteiger partial charge in [-0.15, -0.1) is 0 Å². The van der Waals surface area contributed by atoms with Gasteiger partial charge in [0.25, 0.3) is 0 Å². The number of benzene rings is 1. The lowest BCUT2D eigenvalue weighted by Crippen LogP contribution is -2.63. The molecule has 5 atom stereocenters. The van der Waals surface area contributed by atoms with Crippen LogP contribution in [0.2, 0.25) is 5.02 Å². The molecular formula is C20H29ClO7S. The minimum atomic E-state index is -2.20. The molecule has 9 heteroatoms. The topological polar surface area (TPSA) is 109 Å². The lowest BCUT2D eigenvalue weighted by molar-refractivity contribution is -0.350. The van der Waals surface area contributed by atoms with Crippen molar-refractivity contribution in [1.82, 2.24) is 0 Å². The maximum Gasteiger partial charge on any atom is 0.222 e. The summed E-state index contributed by atoms with van der Waals surface area (Å²) in [6.45, 7) is 0. The van der Waals surface area contributed by atoms with Gasteiger partial charge in [-0.25, -0.2) is 0 Å². The lowest BCUT2D eigenvalue weighted by Gasteiger charge is -2.46. The predicted octanol–water partition coefficient (Wildman–Crippen LogP) is 1.67. The monoisotopic (exact) mass is 448 g/mol. The van der Waals surface area contributed by atoms with Gasteiger partial charge in [0, 0.05) is 18.4 Å². The Bertz CT molecular complexity index is 685. The van der Waals surface area contributed by atoms with Crippen molar-refractivity contribution in [2.24, 2.45) is 0 Å². The van der Waals surface area contributed by atoms with Gasteiger partial charge in [-0.05, 0) is 44.1 Å². The Morgan fingerprint density at radius 1 is 1.14 bits per heavy atom. The van der Waals surface area contributed by atoms with E-state index in [-0.39, 0.29) is 17.8 Å². The summed E-state index contributed by atoms with van der Waals surface area (Å²) in [5.41, 5.74) is 0.201. The normalized spacial score (nSPS) is 38.0. The van der Waals surface area contributed by atoms with Crippen LogP contribution < -0.4 is 4.74 Å². The average molecular weight is 449 g/mol. The van der Waals surface area contributed by atoms with Gasteiger partial charge < -0.3 is 34.6 Å². The first kappa shape index (κ1) is 23.1. The molecule has 4 N–H and O–H groups in total. The summed E-state index contributed by atoms with van der Waals surface area (Å²) < 4.78 is 17.1. The minimum absolute atomic E-state index is 0.0300. The molecule has 0 radical (unpaired) electrons. The van der Waals surface area contributed by atoms with Crippen LogP contribution in [0.4, 0.5) is 0 Å². The molecule has 2 fully saturated rings. The summed E-state index contributed by atoms with van der Waals surface area (Å²) in [7, 11) is 1.71. The summed E-state index contributed by atoms with van der Waals surface area (Å²) in [6.07, 6.45) is 0.00874. The highest BCUT2D eigenvalue weighted by Crippen LogP contribution is 2.40. The molecule has 7 nitrogen and oxygen atoms in total. The van der Waals surface area contributed by atoms with Gasteiger partial charge in [-0.3, -0.25) is 0 Å². The summed E-state index contributed by atoms with van der Waals surface area (Å²) in [4.78, 5) is 0. The van der Waals surface area contributed by atoms with Crippen molar-refractivity contribution in [3.8, 4) is 5.75 Å². The molecule has 3 rings (SSSR count). The first-order valence-electron chi connectivity index (χ1n) is 9.73. The van der Waals surface area contributed by atoms with Crippen molar-refractivity contribution in [2.75, 3.05) is 19.1 Å². The number of ether oxygens (including phenoxy) is 3. The van der Waals surface area contributed by atoms with Crippen molar-refractivity contribution >= 4 is 23.4 Å². The van der Waals surface area contributed by atoms with Crippen LogP contribution in [0.1, 0.15) is 31.2 Å². The van der Waals surface area contributed by atoms with E-state index in [2.05, 4.69) is 0 Å². The first-order valence-corrected chi connectivity index (χ1v) is 11.5. The minimum Gasteiger partial charge on any atom is -0.489 e. The third-order valence-electron chi connectivity index (χ3n) is 5.71. The smallest absolute Gasteiger partial charge is 0.222 e. The van der Waals surface area contributed by atoms with Crippen LogP contribution in [-0.4, -0.2) is 76.2 Å². The molecule has 0 aromatic heterocycles. The Hall–Kier alpha value is -0.580. The van der Waals surface area contributed by atoms with Crippen LogP contribution >= 0.6 is 23.4 Å². The van der Waals surface area contributed by atoms with Gasteiger partial charge in [0.1, 0.15) is 24.1 Å². The van der Waals surface area contributed by atoms with E-state index in [4.69, 9.17) is 25.8 Å². The molecular weight excluding hydrogens is 420 g/mol. The predicted molar refractivity (Wildman–Crippen MR) is 110 cm³/mol. The zero-order valence-corrected chi connectivity index (χ0v) is 18.1. The molecule has 0 unspecified atom stereocenters. The second-order valence-electron chi connectivity index (χ2n) is 7.63. The number of rotatable bonds is 6. The average Bonchev–Trinajstić information content (AvgIpc) is 2.72. The number of aliphatic hydroxyl groups excluding tert-OH is 3. The summed E-state index contributed by atoms with van der Waals surface area (Å²) in [5, 5.41) is 42.4. The summed E-state index contributed by atoms with van der Waals surface area (Å²) in [5.74, 6) is -1.49. The van der Waals surface area contributed by atoms with E-state index in [0.29, 0.717) is 16.5 Å². The highest BCUT2D eigenvalue weighted by molar-refractivity contribution is 7.98. The Morgan fingerprint density at radius 3 is 2.41 bits per heavy atom. The maximum atomic E-state index is 11.1. The van der Waals surface area contributed by atoms with Crippen LogP contribution in [0.25, 0.3) is 0 Å². The zero-order chi connectivity index (χ0) is 21.2. The van der Waals surface area contributed by atoms with Gasteiger partial charge in [-0.1, -0.05) is 17.7 Å². The fourth-order valence-corrected chi connectivity index (χ4v) is 4.68. The van der Waals surface area contributed by atoms with Crippen LogP contribution in [-0.2, 0) is 15.3 Å². The second kappa shape index (κ2) is 9.70. The number of hydrogen-bond donors (Lipinski definition) is 4. The maximum absolute atomic E-state index is 11.1. The second-order valence-corrected chi connectivity index (χ2v) is 8.95. The third kappa shape index (κ3) is 4.85. The molecule has 1 saturated carbocycles. The van der Waals surface area contributed by atoms with E-state index in [1.54, 1.807) is 13.2 Å². The number of halogens is 1. The molecule has 1 aromatic carbocycles. The Labute approximate surface area is 179 Å². The largest absolute Gasteiger partial charge is 0.489 e. The third-order valence-corrected chi connectivity index (χ3v) is 6.68. The van der Waals surface area contributed by atoms with Crippen LogP contribution in [0.3, 0.4) is 0 Å². The summed E-state index contributed by atoms with van der Waals surface area (Å²) >= 11 is 7.69. The molecule has 1 aromatic rings. The molecule has 164 valence electrons. The Balaban J connectivity index is 1.82. The Kier molecular flexibility index (Phi) is 7.72. The highest BCUT2D eigenvalue weighted by atomic mass is 35.5. The molecule has 0 spiro atoms. The van der Waals surface area contributed by atoms with Crippen molar-refractivity contribution < 1.29 is 34.6 Å². The molecule has 0 amide bonds. The van der Waals surface area contributed by atoms with Gasteiger partial charge in [-0.2, -0.15) is 11.8 Å². The molecule has 1 aliphatic carbocycles. The number of hydrogen-bond acceptors (Lipinski definition) is 8. The van der Waals surface area contributed by atoms with E-state index in [1.807, 2.05) is 6.26 Å². The number of thioether (sulfide) groups is 1. The SMILES string of the molecule is COC1CCC(Oc2cc([C@]3(O)O[C@H](CSC)[C@@H](O)[C@H](O)[C@H]3O)ccc2Cl)CC1. The van der Waals surface area contributed by atoms with E-state index in [0.717, 1.165) is 25.7 Å². The number of aliphatic hydroxyl groups is 4. The van der Waals surface area contributed by atoms with Crippen molar-refractivity contribution in [2.45, 2.75) is 68.1 Å². The quantitative estimate of drug-likeness (QED) is 0.520. The Morgan fingerprint density at radius 2 is 1.79 bits per heavy atom. The number of methoxy groups -OCH3 is 1. The van der Waals surface area contributed by atoms with Gasteiger partial charge in [0.05, 0.1) is 23.3 Å².